The molecule has 42 valence electrons. The average molecular weight is 110 g/mol. The Morgan fingerprint density at radius 1 is 1.38 bits per heavy atom. The van der Waals surface area contributed by atoms with Gasteiger partial charge in [-0.3, -0.25) is 0 Å². The van der Waals surface area contributed by atoms with Crippen LogP contribution in [0.5, 0.6) is 0 Å². The van der Waals surface area contributed by atoms with Crippen LogP contribution in [0.25, 0.3) is 0 Å². The fourth-order valence-corrected chi connectivity index (χ4v) is 0.234. The molecule has 2 heteroatoms. The van der Waals surface area contributed by atoms with Crippen LogP contribution in [0.15, 0.2) is 0 Å². The first kappa shape index (κ1) is 6.88. The number of aliphatic hydroxyl groups is 2. The predicted molar refractivity (Wildman–Crippen MR) is 29.2 cm³/mol. The van der Waals surface area contributed by atoms with Gasteiger partial charge in [-0.1, -0.05) is 5.92 Å². The van der Waals surface area contributed by atoms with Gasteiger partial charge in [-0.15, -0.1) is 5.92 Å². The lowest BCUT2D eigenvalue weighted by Gasteiger charge is -1.83. The molecule has 1 atom stereocenters. The van der Waals surface area contributed by atoms with Crippen molar-refractivity contribution in [3.8, 4) is 23.9 Å². The summed E-state index contributed by atoms with van der Waals surface area (Å²) in [5.74, 6) is 6.79. The van der Waals surface area contributed by atoms with E-state index in [1.54, 1.807) is 13.0 Å². The zero-order valence-electron chi connectivity index (χ0n) is 4.47. The van der Waals surface area contributed by atoms with Crippen molar-refractivity contribution in [2.45, 2.75) is 13.0 Å². The Kier molecular flexibility index (Phi) is 3.48. The van der Waals surface area contributed by atoms with Gasteiger partial charge >= 0.3 is 0 Å². The second kappa shape index (κ2) is 4.05. The van der Waals surface area contributed by atoms with Crippen LogP contribution in [0.3, 0.4) is 0 Å². The summed E-state index contributed by atoms with van der Waals surface area (Å²) in [6, 6.07) is 0. The lowest BCUT2D eigenvalue weighted by molar-refractivity contribution is 0.288. The van der Waals surface area contributed by atoms with E-state index in [2.05, 4.69) is 11.8 Å². The maximum atomic E-state index is 8.54. The van der Waals surface area contributed by atoms with Crippen molar-refractivity contribution in [1.29, 1.82) is 0 Å². The summed E-state index contributed by atoms with van der Waals surface area (Å²) in [5, 5.41) is 16.4. The molecule has 0 aliphatic rings. The Bertz CT molecular complexity index is 142. The van der Waals surface area contributed by atoms with E-state index in [9.17, 15) is 0 Å². The van der Waals surface area contributed by atoms with Crippen molar-refractivity contribution in [2.75, 3.05) is 0 Å². The Labute approximate surface area is 48.2 Å². The Morgan fingerprint density at radius 2 is 2.00 bits per heavy atom. The van der Waals surface area contributed by atoms with Crippen molar-refractivity contribution in [3.63, 3.8) is 0 Å². The highest BCUT2D eigenvalue weighted by Crippen LogP contribution is 1.71. The molecule has 0 rings (SSSR count). The van der Waals surface area contributed by atoms with Gasteiger partial charge in [-0.25, -0.2) is 0 Å². The van der Waals surface area contributed by atoms with E-state index in [0.29, 0.717) is 0 Å². The number of hydrogen-bond donors (Lipinski definition) is 2. The van der Waals surface area contributed by atoms with Gasteiger partial charge in [0.15, 0.2) is 6.10 Å². The second-order valence-electron chi connectivity index (χ2n) is 1.05. The van der Waals surface area contributed by atoms with Crippen molar-refractivity contribution in [3.05, 3.63) is 0 Å². The SMILES string of the molecule is CC#CC(O)C#CO. The third kappa shape index (κ3) is 3.08. The zero-order chi connectivity index (χ0) is 6.41. The van der Waals surface area contributed by atoms with Crippen molar-refractivity contribution in [1.82, 2.24) is 0 Å². The summed E-state index contributed by atoms with van der Waals surface area (Å²) < 4.78 is 0. The monoisotopic (exact) mass is 110 g/mol. The van der Waals surface area contributed by atoms with Gasteiger partial charge in [-0.05, 0) is 12.8 Å². The lowest BCUT2D eigenvalue weighted by atomic mass is 10.4. The Hall–Kier alpha value is -1.12. The van der Waals surface area contributed by atoms with Gasteiger partial charge in [0.2, 0.25) is 0 Å². The van der Waals surface area contributed by atoms with Gasteiger partial charge in [0.25, 0.3) is 0 Å². The molecule has 0 heterocycles. The number of hydrogen-bond acceptors (Lipinski definition) is 2. The fourth-order valence-electron chi connectivity index (χ4n) is 0.234. The molecule has 0 radical (unpaired) electrons. The molecule has 2 nitrogen and oxygen atoms in total. The molecule has 0 amide bonds. The van der Waals surface area contributed by atoms with E-state index in [1.165, 1.54) is 0 Å². The van der Waals surface area contributed by atoms with Gasteiger partial charge in [0.1, 0.15) is 6.11 Å². The van der Waals surface area contributed by atoms with Crippen molar-refractivity contribution < 1.29 is 10.2 Å². The Morgan fingerprint density at radius 3 is 2.38 bits per heavy atom. The molecular weight excluding hydrogens is 104 g/mol. The van der Waals surface area contributed by atoms with Crippen LogP contribution in [0, 0.1) is 23.9 Å². The topological polar surface area (TPSA) is 40.5 Å². The third-order valence-corrected chi connectivity index (χ3v) is 0.482. The van der Waals surface area contributed by atoms with E-state index in [0.717, 1.165) is 0 Å². The first-order valence-electron chi connectivity index (χ1n) is 2.06. The minimum Gasteiger partial charge on any atom is -0.462 e. The van der Waals surface area contributed by atoms with Gasteiger partial charge in [0, 0.05) is 0 Å². The second-order valence-corrected chi connectivity index (χ2v) is 1.05. The van der Waals surface area contributed by atoms with E-state index in [1.807, 2.05) is 5.92 Å². The molecule has 0 bridgehead atoms. The average Bonchev–Trinajstić information content (AvgIpc) is 1.68. The van der Waals surface area contributed by atoms with Crippen LogP contribution in [-0.4, -0.2) is 16.3 Å². The number of aliphatic hydroxyl groups excluding tert-OH is 2. The predicted octanol–water partition coefficient (Wildman–Crippen LogP) is -0.296. The van der Waals surface area contributed by atoms with Gasteiger partial charge in [0.05, 0.1) is 0 Å². The van der Waals surface area contributed by atoms with Crippen LogP contribution in [0.1, 0.15) is 6.92 Å². The summed E-state index contributed by atoms with van der Waals surface area (Å²) in [6.45, 7) is 1.59. The molecule has 0 saturated heterocycles. The van der Waals surface area contributed by atoms with Crippen LogP contribution in [-0.2, 0) is 0 Å². The smallest absolute Gasteiger partial charge is 0.179 e. The molecule has 0 aliphatic carbocycles. The summed E-state index contributed by atoms with van der Waals surface area (Å²) in [5.41, 5.74) is 0. The molecule has 0 aromatic heterocycles. The third-order valence-electron chi connectivity index (χ3n) is 0.482. The van der Waals surface area contributed by atoms with E-state index >= 15 is 0 Å². The maximum absolute atomic E-state index is 8.54. The first-order chi connectivity index (χ1) is 3.81. The Balaban J connectivity index is 3.71. The minimum absolute atomic E-state index is 1.01. The molecule has 1 unspecified atom stereocenters. The molecule has 0 saturated carbocycles. The quantitative estimate of drug-likeness (QED) is 0.420. The standard InChI is InChI=1S/C6H6O2/c1-2-3-6(8)4-5-7/h6-8H,1H3. The molecule has 0 aromatic rings. The molecule has 0 aromatic carbocycles. The van der Waals surface area contributed by atoms with E-state index < -0.39 is 6.10 Å². The summed E-state index contributed by atoms with van der Waals surface area (Å²) in [7, 11) is 0. The molecule has 0 aliphatic heterocycles. The van der Waals surface area contributed by atoms with Crippen molar-refractivity contribution in [2.24, 2.45) is 0 Å². The van der Waals surface area contributed by atoms with Crippen LogP contribution >= 0.6 is 0 Å². The van der Waals surface area contributed by atoms with Crippen LogP contribution in [0.4, 0.5) is 0 Å². The van der Waals surface area contributed by atoms with E-state index in [-0.39, 0.29) is 0 Å². The highest BCUT2D eigenvalue weighted by atomic mass is 16.3. The van der Waals surface area contributed by atoms with Crippen LogP contribution < -0.4 is 0 Å². The van der Waals surface area contributed by atoms with Crippen LogP contribution in [0.2, 0.25) is 0 Å². The largest absolute Gasteiger partial charge is 0.462 e. The summed E-state index contributed by atoms with van der Waals surface area (Å²) in [6.07, 6.45) is 0.541. The zero-order valence-corrected chi connectivity index (χ0v) is 4.47. The summed E-state index contributed by atoms with van der Waals surface area (Å²) in [4.78, 5) is 0. The molecule has 8 heavy (non-hydrogen) atoms. The van der Waals surface area contributed by atoms with E-state index in [4.69, 9.17) is 10.2 Å². The molecule has 0 fully saturated rings. The highest BCUT2D eigenvalue weighted by molar-refractivity contribution is 5.15. The van der Waals surface area contributed by atoms with Gasteiger partial charge in [-0.2, -0.15) is 0 Å². The van der Waals surface area contributed by atoms with Crippen molar-refractivity contribution >= 4 is 0 Å². The lowest BCUT2D eigenvalue weighted by Crippen LogP contribution is -1.96. The normalized spacial score (nSPS) is 9.75. The first-order valence-corrected chi connectivity index (χ1v) is 2.06. The molecule has 2 N–H and O–H groups in total. The number of rotatable bonds is 0. The maximum Gasteiger partial charge on any atom is 0.179 e. The summed E-state index contributed by atoms with van der Waals surface area (Å²) >= 11 is 0. The minimum atomic E-state index is -1.01. The molecule has 0 spiro atoms. The van der Waals surface area contributed by atoms with Gasteiger partial charge < -0.3 is 10.2 Å². The molecular formula is C6H6O2. The fraction of sp³-hybridized carbons (Fsp3) is 0.333. The highest BCUT2D eigenvalue weighted by Gasteiger charge is 1.85.